The number of nitrogens with one attached hydrogen (secondary N) is 1. The predicted octanol–water partition coefficient (Wildman–Crippen LogP) is 7.36. The first-order chi connectivity index (χ1) is 16.8. The predicted molar refractivity (Wildman–Crippen MR) is 141 cm³/mol. The van der Waals surface area contributed by atoms with Gasteiger partial charge in [0.15, 0.2) is 0 Å². The summed E-state index contributed by atoms with van der Waals surface area (Å²) in [5.74, 6) is 1.76. The minimum Gasteiger partial charge on any atom is -0.486 e. The molecule has 0 spiro atoms. The van der Waals surface area contributed by atoms with Gasteiger partial charge >= 0.3 is 0 Å². The molecule has 2 atom stereocenters. The first-order valence-electron chi connectivity index (χ1n) is 12.6. The average molecular weight is 449 g/mol. The number of benzene rings is 4. The van der Waals surface area contributed by atoms with Crippen LogP contribution in [0.4, 0.5) is 11.4 Å². The fourth-order valence-corrected chi connectivity index (χ4v) is 5.24. The summed E-state index contributed by atoms with van der Waals surface area (Å²) in [5.41, 5.74) is 5.25. The molecule has 1 N–H and O–H groups in total. The van der Waals surface area contributed by atoms with Crippen molar-refractivity contribution in [3.05, 3.63) is 102 Å². The van der Waals surface area contributed by atoms with E-state index < -0.39 is 0 Å². The van der Waals surface area contributed by atoms with E-state index >= 15 is 0 Å². The zero-order valence-electron chi connectivity index (χ0n) is 19.8. The van der Waals surface area contributed by atoms with Gasteiger partial charge < -0.3 is 15.0 Å². The molecule has 2 aliphatic rings. The van der Waals surface area contributed by atoms with Crippen LogP contribution in [0.2, 0.25) is 0 Å². The maximum absolute atomic E-state index is 6.43. The van der Waals surface area contributed by atoms with E-state index in [0.717, 1.165) is 36.9 Å². The Morgan fingerprint density at radius 1 is 0.882 bits per heavy atom. The lowest BCUT2D eigenvalue weighted by molar-refractivity contribution is 0.186. The van der Waals surface area contributed by atoms with Gasteiger partial charge in [-0.25, -0.2) is 0 Å². The van der Waals surface area contributed by atoms with Crippen molar-refractivity contribution in [2.45, 2.75) is 44.2 Å². The van der Waals surface area contributed by atoms with Crippen molar-refractivity contribution < 1.29 is 4.74 Å². The van der Waals surface area contributed by atoms with Gasteiger partial charge in [0, 0.05) is 11.7 Å². The van der Waals surface area contributed by atoms with Gasteiger partial charge in [0.1, 0.15) is 11.9 Å². The fourth-order valence-electron chi connectivity index (χ4n) is 5.24. The third-order valence-corrected chi connectivity index (χ3v) is 7.30. The monoisotopic (exact) mass is 448 g/mol. The topological polar surface area (TPSA) is 24.5 Å². The minimum absolute atomic E-state index is 0.144. The van der Waals surface area contributed by atoms with E-state index in [1.807, 2.05) is 0 Å². The van der Waals surface area contributed by atoms with E-state index in [9.17, 15) is 0 Å². The lowest BCUT2D eigenvalue weighted by Crippen LogP contribution is -2.39. The molecular weight excluding hydrogens is 416 g/mol. The Balaban J connectivity index is 1.15. The zero-order valence-corrected chi connectivity index (χ0v) is 19.8. The quantitative estimate of drug-likeness (QED) is 0.320. The molecule has 34 heavy (non-hydrogen) atoms. The molecule has 4 aromatic rings. The molecule has 0 bridgehead atoms. The molecule has 1 aliphatic heterocycles. The summed E-state index contributed by atoms with van der Waals surface area (Å²) >= 11 is 0. The van der Waals surface area contributed by atoms with Gasteiger partial charge in [0.05, 0.1) is 12.2 Å². The van der Waals surface area contributed by atoms with Gasteiger partial charge in [-0.1, -0.05) is 66.7 Å². The van der Waals surface area contributed by atoms with Crippen LogP contribution in [-0.4, -0.2) is 19.2 Å². The van der Waals surface area contributed by atoms with Gasteiger partial charge in [0.2, 0.25) is 0 Å². The molecule has 4 aromatic carbocycles. The van der Waals surface area contributed by atoms with Crippen molar-refractivity contribution in [2.75, 3.05) is 18.0 Å². The molecule has 0 amide bonds. The normalized spacial score (nSPS) is 18.4. The molecule has 1 fully saturated rings. The highest BCUT2D eigenvalue weighted by molar-refractivity contribution is 5.86. The maximum Gasteiger partial charge on any atom is 0.143 e. The molecule has 3 nitrogen and oxygen atoms in total. The Labute approximate surface area is 202 Å². The number of para-hydroxylation sites is 2. The molecule has 0 radical (unpaired) electrons. The molecule has 172 valence electrons. The lowest BCUT2D eigenvalue weighted by Gasteiger charge is -2.36. The number of ether oxygens (including phenoxy) is 1. The van der Waals surface area contributed by atoms with Crippen LogP contribution in [0, 0.1) is 0 Å². The molecule has 1 heterocycles. The first kappa shape index (κ1) is 21.2. The van der Waals surface area contributed by atoms with Crippen LogP contribution in [0.3, 0.4) is 0 Å². The number of hydrogen-bond acceptors (Lipinski definition) is 3. The maximum atomic E-state index is 6.43. The molecule has 1 unspecified atom stereocenters. The number of hydrogen-bond donors (Lipinski definition) is 1. The second-order valence-corrected chi connectivity index (χ2v) is 9.72. The summed E-state index contributed by atoms with van der Waals surface area (Å²) in [7, 11) is 0. The van der Waals surface area contributed by atoms with Crippen molar-refractivity contribution in [3.63, 3.8) is 0 Å². The third kappa shape index (κ3) is 4.28. The Kier molecular flexibility index (Phi) is 5.72. The molecule has 0 saturated heterocycles. The van der Waals surface area contributed by atoms with Gasteiger partial charge in [-0.2, -0.15) is 0 Å². The second kappa shape index (κ2) is 9.15. The van der Waals surface area contributed by atoms with Crippen molar-refractivity contribution in [3.8, 4) is 5.75 Å². The van der Waals surface area contributed by atoms with Crippen LogP contribution in [0.5, 0.6) is 5.75 Å². The summed E-state index contributed by atoms with van der Waals surface area (Å²) in [5, 5.41) is 6.37. The highest BCUT2D eigenvalue weighted by Gasteiger charge is 2.27. The Morgan fingerprint density at radius 3 is 2.50 bits per heavy atom. The van der Waals surface area contributed by atoms with Gasteiger partial charge in [0.25, 0.3) is 0 Å². The summed E-state index contributed by atoms with van der Waals surface area (Å²) in [6, 6.07) is 33.1. The van der Waals surface area contributed by atoms with Crippen molar-refractivity contribution >= 4 is 22.1 Å². The third-order valence-electron chi connectivity index (χ3n) is 7.30. The van der Waals surface area contributed by atoms with Crippen LogP contribution in [0.15, 0.2) is 91.0 Å². The summed E-state index contributed by atoms with van der Waals surface area (Å²) in [4.78, 5) is 2.42. The van der Waals surface area contributed by atoms with E-state index in [-0.39, 0.29) is 12.1 Å². The number of anilines is 2. The standard InChI is InChI=1S/C31H32N2O/c1-22(28-10-6-8-25-7-2-3-9-29(25)28)32-20-19-27-21-33(30-11-4-5-12-31(30)34-27)26-17-15-24(16-18-26)23-13-14-23/h2-12,15-18,22-23,27,32H,13-14,19-21H2,1H3/t22-,27?/m1/s1. The van der Waals surface area contributed by atoms with Crippen LogP contribution < -0.4 is 15.0 Å². The minimum atomic E-state index is 0.144. The van der Waals surface area contributed by atoms with Crippen LogP contribution in [-0.2, 0) is 0 Å². The van der Waals surface area contributed by atoms with Gasteiger partial charge in [-0.05, 0) is 84.8 Å². The van der Waals surface area contributed by atoms with Crippen LogP contribution in [0.25, 0.3) is 10.8 Å². The molecule has 3 heteroatoms. The fraction of sp³-hybridized carbons (Fsp3) is 0.290. The van der Waals surface area contributed by atoms with Crippen molar-refractivity contribution in [1.82, 2.24) is 5.32 Å². The van der Waals surface area contributed by atoms with Crippen molar-refractivity contribution in [2.24, 2.45) is 0 Å². The van der Waals surface area contributed by atoms with Gasteiger partial charge in [-0.3, -0.25) is 0 Å². The number of nitrogens with zero attached hydrogens (tertiary/aromatic N) is 1. The Bertz CT molecular complexity index is 1270. The van der Waals surface area contributed by atoms with E-state index in [1.165, 1.54) is 40.4 Å². The second-order valence-electron chi connectivity index (χ2n) is 9.72. The van der Waals surface area contributed by atoms with E-state index in [1.54, 1.807) is 0 Å². The Hall–Kier alpha value is -3.30. The van der Waals surface area contributed by atoms with Crippen molar-refractivity contribution in [1.29, 1.82) is 0 Å². The SMILES string of the molecule is C[C@@H](NCCC1CN(c2ccc(C3CC3)cc2)c2ccccc2O1)c1cccc2ccccc12. The first-order valence-corrected chi connectivity index (χ1v) is 12.6. The largest absolute Gasteiger partial charge is 0.486 e. The number of rotatable bonds is 7. The smallest absolute Gasteiger partial charge is 0.143 e. The highest BCUT2D eigenvalue weighted by atomic mass is 16.5. The summed E-state index contributed by atoms with van der Waals surface area (Å²) in [6.07, 6.45) is 3.78. The molecule has 1 saturated carbocycles. The van der Waals surface area contributed by atoms with E-state index in [2.05, 4.69) is 108 Å². The molecule has 6 rings (SSSR count). The lowest BCUT2D eigenvalue weighted by atomic mass is 9.99. The van der Waals surface area contributed by atoms with Gasteiger partial charge in [-0.15, -0.1) is 0 Å². The van der Waals surface area contributed by atoms with E-state index in [0.29, 0.717) is 0 Å². The summed E-state index contributed by atoms with van der Waals surface area (Å²) in [6.45, 7) is 4.03. The molecule has 1 aliphatic carbocycles. The van der Waals surface area contributed by atoms with Crippen LogP contribution >= 0.6 is 0 Å². The van der Waals surface area contributed by atoms with Crippen LogP contribution in [0.1, 0.15) is 49.3 Å². The molecular formula is C31H32N2O. The number of fused-ring (bicyclic) bond motifs is 2. The zero-order chi connectivity index (χ0) is 22.9. The highest BCUT2D eigenvalue weighted by Crippen LogP contribution is 2.42. The average Bonchev–Trinajstić information content (AvgIpc) is 3.74. The van der Waals surface area contributed by atoms with E-state index in [4.69, 9.17) is 4.74 Å². The summed E-state index contributed by atoms with van der Waals surface area (Å²) < 4.78 is 6.43. The molecule has 0 aromatic heterocycles. The Morgan fingerprint density at radius 2 is 1.65 bits per heavy atom.